The number of aromatic amines is 1. The number of halogens is 2. The van der Waals surface area contributed by atoms with E-state index >= 15 is 0 Å². The molecular formula is C10H11F2N5O2. The summed E-state index contributed by atoms with van der Waals surface area (Å²) in [5.74, 6) is -3.12. The van der Waals surface area contributed by atoms with Gasteiger partial charge in [-0.25, -0.2) is 18.7 Å². The Hall–Kier alpha value is -1.87. The second-order valence-corrected chi connectivity index (χ2v) is 4.33. The van der Waals surface area contributed by atoms with Gasteiger partial charge in [0.25, 0.3) is 5.92 Å². The van der Waals surface area contributed by atoms with Gasteiger partial charge in [0.1, 0.15) is 24.2 Å². The van der Waals surface area contributed by atoms with Gasteiger partial charge in [0.2, 0.25) is 0 Å². The first-order chi connectivity index (χ1) is 9.03. The van der Waals surface area contributed by atoms with E-state index in [9.17, 15) is 8.78 Å². The normalized spacial score (nSPS) is 26.1. The molecule has 1 aliphatic heterocycles. The van der Waals surface area contributed by atoms with Crippen LogP contribution in [-0.4, -0.2) is 43.3 Å². The molecule has 1 fully saturated rings. The topological polar surface area (TPSA) is 99.8 Å². The molecule has 0 radical (unpaired) electrons. The number of aliphatic hydroxyl groups is 1. The highest BCUT2D eigenvalue weighted by molar-refractivity contribution is 5.67. The molecule has 2 atom stereocenters. The fourth-order valence-corrected chi connectivity index (χ4v) is 2.12. The number of hydrogen-bond donors (Lipinski definition) is 3. The lowest BCUT2D eigenvalue weighted by molar-refractivity contribution is -0.102. The predicted octanol–water partition coefficient (Wildman–Crippen LogP) is 0.154. The Morgan fingerprint density at radius 2 is 2.37 bits per heavy atom. The Labute approximate surface area is 105 Å². The lowest BCUT2D eigenvalue weighted by Gasteiger charge is -2.14. The average molecular weight is 271 g/mol. The number of aliphatic hydroxyl groups excluding tert-OH is 1. The van der Waals surface area contributed by atoms with Crippen molar-refractivity contribution in [2.75, 3.05) is 6.61 Å². The summed E-state index contributed by atoms with van der Waals surface area (Å²) in [7, 11) is 0. The molecule has 0 saturated carbocycles. The van der Waals surface area contributed by atoms with Crippen LogP contribution in [0, 0.1) is 5.41 Å². The molecular weight excluding hydrogens is 260 g/mol. The highest BCUT2D eigenvalue weighted by Gasteiger charge is 2.50. The summed E-state index contributed by atoms with van der Waals surface area (Å²) in [4.78, 5) is 10.6. The number of ether oxygens (including phenoxy) is 1. The Balaban J connectivity index is 2.02. The Kier molecular flexibility index (Phi) is 2.61. The van der Waals surface area contributed by atoms with Gasteiger partial charge in [-0.15, -0.1) is 0 Å². The van der Waals surface area contributed by atoms with Gasteiger partial charge in [0.05, 0.1) is 19.4 Å². The van der Waals surface area contributed by atoms with E-state index in [2.05, 4.69) is 15.0 Å². The molecule has 1 aliphatic rings. The van der Waals surface area contributed by atoms with Gasteiger partial charge < -0.3 is 14.8 Å². The van der Waals surface area contributed by atoms with Gasteiger partial charge in [-0.3, -0.25) is 9.98 Å². The number of nitrogens with zero attached hydrogens (tertiary/aromatic N) is 3. The van der Waals surface area contributed by atoms with Crippen molar-refractivity contribution in [2.24, 2.45) is 0 Å². The van der Waals surface area contributed by atoms with Crippen LogP contribution in [0.2, 0.25) is 0 Å². The molecule has 3 rings (SSSR count). The lowest BCUT2D eigenvalue weighted by atomic mass is 10.2. The van der Waals surface area contributed by atoms with E-state index in [1.165, 1.54) is 17.2 Å². The first-order valence-corrected chi connectivity index (χ1v) is 5.62. The number of rotatable bonds is 2. The molecule has 7 nitrogen and oxygen atoms in total. The fraction of sp³-hybridized carbons (Fsp3) is 0.500. The molecule has 2 aromatic rings. The third-order valence-electron chi connectivity index (χ3n) is 3.13. The molecule has 0 aliphatic carbocycles. The van der Waals surface area contributed by atoms with Crippen LogP contribution in [0.3, 0.4) is 0 Å². The zero-order valence-electron chi connectivity index (χ0n) is 9.68. The number of fused-ring (bicyclic) bond motifs is 1. The van der Waals surface area contributed by atoms with Crippen LogP contribution < -0.4 is 5.49 Å². The van der Waals surface area contributed by atoms with Crippen LogP contribution >= 0.6 is 0 Å². The van der Waals surface area contributed by atoms with E-state index in [1.54, 1.807) is 0 Å². The number of alkyl halides is 2. The molecule has 3 heterocycles. The van der Waals surface area contributed by atoms with Crippen molar-refractivity contribution in [3.63, 3.8) is 0 Å². The Morgan fingerprint density at radius 1 is 1.58 bits per heavy atom. The van der Waals surface area contributed by atoms with E-state index in [0.29, 0.717) is 11.2 Å². The first kappa shape index (κ1) is 12.2. The Morgan fingerprint density at radius 3 is 3.05 bits per heavy atom. The van der Waals surface area contributed by atoms with Crippen LogP contribution in [0.4, 0.5) is 8.78 Å². The Bertz CT molecular complexity index is 667. The van der Waals surface area contributed by atoms with E-state index in [0.717, 1.165) is 0 Å². The highest BCUT2D eigenvalue weighted by atomic mass is 19.3. The molecule has 0 amide bonds. The third kappa shape index (κ3) is 1.81. The van der Waals surface area contributed by atoms with Gasteiger partial charge in [-0.2, -0.15) is 0 Å². The van der Waals surface area contributed by atoms with Crippen LogP contribution in [0.25, 0.3) is 11.2 Å². The van der Waals surface area contributed by atoms with Gasteiger partial charge in [0.15, 0.2) is 11.1 Å². The van der Waals surface area contributed by atoms with Crippen LogP contribution in [-0.2, 0) is 4.74 Å². The molecule has 0 bridgehead atoms. The van der Waals surface area contributed by atoms with Gasteiger partial charge in [0, 0.05) is 0 Å². The number of imidazole rings is 1. The maximum atomic E-state index is 13.5. The number of hydrogen-bond acceptors (Lipinski definition) is 5. The van der Waals surface area contributed by atoms with Crippen molar-refractivity contribution in [3.8, 4) is 0 Å². The van der Waals surface area contributed by atoms with Crippen molar-refractivity contribution in [1.29, 1.82) is 5.41 Å². The van der Waals surface area contributed by atoms with Crippen molar-refractivity contribution in [3.05, 3.63) is 18.1 Å². The number of aromatic nitrogens is 4. The quantitative estimate of drug-likeness (QED) is 0.724. The van der Waals surface area contributed by atoms with Crippen molar-refractivity contribution in [2.45, 2.75) is 24.7 Å². The maximum Gasteiger partial charge on any atom is 0.280 e. The molecule has 3 N–H and O–H groups in total. The van der Waals surface area contributed by atoms with Crippen LogP contribution in [0.15, 0.2) is 12.7 Å². The molecule has 102 valence electrons. The minimum Gasteiger partial charge on any atom is -0.393 e. The molecule has 0 spiro atoms. The summed E-state index contributed by atoms with van der Waals surface area (Å²) < 4.78 is 33.3. The monoisotopic (exact) mass is 271 g/mol. The summed E-state index contributed by atoms with van der Waals surface area (Å²) in [5.41, 5.74) is 0.647. The summed E-state index contributed by atoms with van der Waals surface area (Å²) in [6.07, 6.45) is -0.565. The largest absolute Gasteiger partial charge is 0.393 e. The van der Waals surface area contributed by atoms with E-state index < -0.39 is 31.3 Å². The lowest BCUT2D eigenvalue weighted by Crippen LogP contribution is -2.31. The summed E-state index contributed by atoms with van der Waals surface area (Å²) in [5, 5.41) is 16.8. The number of H-pyrrole nitrogens is 1. The van der Waals surface area contributed by atoms with Gasteiger partial charge in [-0.05, 0) is 0 Å². The predicted molar refractivity (Wildman–Crippen MR) is 58.3 cm³/mol. The van der Waals surface area contributed by atoms with E-state index in [-0.39, 0.29) is 5.49 Å². The molecule has 1 saturated heterocycles. The zero-order chi connectivity index (χ0) is 13.6. The third-order valence-corrected chi connectivity index (χ3v) is 3.13. The smallest absolute Gasteiger partial charge is 0.280 e. The molecule has 19 heavy (non-hydrogen) atoms. The summed E-state index contributed by atoms with van der Waals surface area (Å²) >= 11 is 0. The fourth-order valence-electron chi connectivity index (χ4n) is 2.12. The summed E-state index contributed by atoms with van der Waals surface area (Å²) in [6.45, 7) is -0.767. The molecule has 2 aromatic heterocycles. The molecule has 0 unspecified atom stereocenters. The minimum atomic E-state index is -3.12. The number of nitrogens with one attached hydrogen (secondary N) is 2. The minimum absolute atomic E-state index is 0.0399. The van der Waals surface area contributed by atoms with Crippen molar-refractivity contribution < 1.29 is 18.6 Å². The zero-order valence-corrected chi connectivity index (χ0v) is 9.68. The molecule has 0 aromatic carbocycles. The standard InChI is InChI=1S/C10H11F2N5O2/c11-10(12)1-6(19-5(10)2-18)17-4-16-9-7(8(17)13)14-3-15-9/h3-6,13,18H,1-2H2,(H,14,15)/t5-,6-/m0/s1. The second-order valence-electron chi connectivity index (χ2n) is 4.33. The van der Waals surface area contributed by atoms with Crippen LogP contribution in [0.1, 0.15) is 12.6 Å². The van der Waals surface area contributed by atoms with Gasteiger partial charge in [-0.1, -0.05) is 0 Å². The summed E-state index contributed by atoms with van der Waals surface area (Å²) in [6, 6.07) is 0. The average Bonchev–Trinajstić information content (AvgIpc) is 2.93. The van der Waals surface area contributed by atoms with Crippen LogP contribution in [0.5, 0.6) is 0 Å². The van der Waals surface area contributed by atoms with Gasteiger partial charge >= 0.3 is 0 Å². The van der Waals surface area contributed by atoms with E-state index in [1.807, 2.05) is 0 Å². The molecule has 9 heteroatoms. The van der Waals surface area contributed by atoms with Crippen molar-refractivity contribution >= 4 is 11.2 Å². The second kappa shape index (κ2) is 4.07. The maximum absolute atomic E-state index is 13.5. The SMILES string of the molecule is N=c1c2[nH]cnc2ncn1[C@@H]1CC(F)(F)[C@H](CO)O1. The van der Waals surface area contributed by atoms with Crippen molar-refractivity contribution in [1.82, 2.24) is 19.5 Å². The van der Waals surface area contributed by atoms with E-state index in [4.69, 9.17) is 15.3 Å². The first-order valence-electron chi connectivity index (χ1n) is 5.62. The highest BCUT2D eigenvalue weighted by Crippen LogP contribution is 2.39.